The van der Waals surface area contributed by atoms with Crippen LogP contribution < -0.4 is 14.8 Å². The average Bonchev–Trinajstić information content (AvgIpc) is 2.55. The SMILES string of the molecule is CCN(CC1CCCNC1)CC1COc2ccccc2O1. The van der Waals surface area contributed by atoms with Crippen molar-refractivity contribution in [1.82, 2.24) is 10.2 Å². The smallest absolute Gasteiger partial charge is 0.161 e. The number of fused-ring (bicyclic) bond motifs is 1. The molecule has 0 bridgehead atoms. The molecule has 1 N–H and O–H groups in total. The molecular formula is C17H26N2O2. The number of rotatable bonds is 5. The third-order valence-corrected chi connectivity index (χ3v) is 4.39. The van der Waals surface area contributed by atoms with Crippen LogP contribution in [0.4, 0.5) is 0 Å². The fourth-order valence-corrected chi connectivity index (χ4v) is 3.22. The van der Waals surface area contributed by atoms with Crippen molar-refractivity contribution < 1.29 is 9.47 Å². The number of piperidine rings is 1. The largest absolute Gasteiger partial charge is 0.486 e. The van der Waals surface area contributed by atoms with E-state index in [-0.39, 0.29) is 6.10 Å². The van der Waals surface area contributed by atoms with Crippen molar-refractivity contribution in [2.75, 3.05) is 39.3 Å². The topological polar surface area (TPSA) is 33.7 Å². The Labute approximate surface area is 127 Å². The highest BCUT2D eigenvalue weighted by Gasteiger charge is 2.24. The van der Waals surface area contributed by atoms with Gasteiger partial charge in [0.1, 0.15) is 12.7 Å². The maximum absolute atomic E-state index is 6.07. The summed E-state index contributed by atoms with van der Waals surface area (Å²) in [4.78, 5) is 2.50. The van der Waals surface area contributed by atoms with Gasteiger partial charge < -0.3 is 14.8 Å². The first-order valence-electron chi connectivity index (χ1n) is 8.16. The van der Waals surface area contributed by atoms with Gasteiger partial charge in [0, 0.05) is 13.1 Å². The molecule has 4 heteroatoms. The lowest BCUT2D eigenvalue weighted by Gasteiger charge is -2.33. The second-order valence-electron chi connectivity index (χ2n) is 6.06. The molecule has 2 unspecified atom stereocenters. The first-order chi connectivity index (χ1) is 10.3. The number of para-hydroxylation sites is 2. The molecule has 0 spiro atoms. The summed E-state index contributed by atoms with van der Waals surface area (Å²) in [5.74, 6) is 2.52. The highest BCUT2D eigenvalue weighted by molar-refractivity contribution is 5.40. The zero-order valence-electron chi connectivity index (χ0n) is 12.9. The number of hydrogen-bond donors (Lipinski definition) is 1. The fourth-order valence-electron chi connectivity index (χ4n) is 3.22. The molecule has 0 saturated carbocycles. The highest BCUT2D eigenvalue weighted by atomic mass is 16.6. The molecule has 1 fully saturated rings. The van der Waals surface area contributed by atoms with Gasteiger partial charge in [-0.15, -0.1) is 0 Å². The molecule has 21 heavy (non-hydrogen) atoms. The van der Waals surface area contributed by atoms with Crippen molar-refractivity contribution in [3.63, 3.8) is 0 Å². The molecule has 2 aliphatic rings. The Bertz CT molecular complexity index is 446. The summed E-state index contributed by atoms with van der Waals surface area (Å²) in [5.41, 5.74) is 0. The van der Waals surface area contributed by atoms with Crippen LogP contribution in [0.5, 0.6) is 11.5 Å². The Morgan fingerprint density at radius 3 is 2.86 bits per heavy atom. The van der Waals surface area contributed by atoms with Crippen LogP contribution in [0.15, 0.2) is 24.3 Å². The van der Waals surface area contributed by atoms with Gasteiger partial charge in [-0.3, -0.25) is 4.90 Å². The summed E-state index contributed by atoms with van der Waals surface area (Å²) in [7, 11) is 0. The molecule has 2 atom stereocenters. The van der Waals surface area contributed by atoms with Gasteiger partial charge in [-0.1, -0.05) is 19.1 Å². The molecule has 0 amide bonds. The highest BCUT2D eigenvalue weighted by Crippen LogP contribution is 2.31. The van der Waals surface area contributed by atoms with Crippen molar-refractivity contribution in [2.24, 2.45) is 5.92 Å². The molecular weight excluding hydrogens is 264 g/mol. The van der Waals surface area contributed by atoms with Gasteiger partial charge in [-0.2, -0.15) is 0 Å². The molecule has 1 aromatic rings. The molecule has 1 saturated heterocycles. The minimum atomic E-state index is 0.136. The van der Waals surface area contributed by atoms with Crippen LogP contribution in [0, 0.1) is 5.92 Å². The lowest BCUT2D eigenvalue weighted by molar-refractivity contribution is 0.0543. The second kappa shape index (κ2) is 7.14. The standard InChI is InChI=1S/C17H26N2O2/c1-2-19(11-14-6-5-9-18-10-14)12-15-13-20-16-7-3-4-8-17(16)21-15/h3-4,7-8,14-15,18H,2,5-6,9-13H2,1H3. The van der Waals surface area contributed by atoms with E-state index in [2.05, 4.69) is 17.1 Å². The number of ether oxygens (including phenoxy) is 2. The van der Waals surface area contributed by atoms with Crippen LogP contribution >= 0.6 is 0 Å². The minimum absolute atomic E-state index is 0.136. The molecule has 1 aromatic carbocycles. The Kier molecular flexibility index (Phi) is 4.99. The molecule has 0 aliphatic carbocycles. The van der Waals surface area contributed by atoms with E-state index in [0.717, 1.165) is 43.6 Å². The van der Waals surface area contributed by atoms with Gasteiger partial charge in [0.05, 0.1) is 0 Å². The van der Waals surface area contributed by atoms with Crippen molar-refractivity contribution in [3.05, 3.63) is 24.3 Å². The van der Waals surface area contributed by atoms with Gasteiger partial charge in [-0.05, 0) is 50.5 Å². The van der Waals surface area contributed by atoms with E-state index in [1.807, 2.05) is 24.3 Å². The maximum Gasteiger partial charge on any atom is 0.161 e. The Morgan fingerprint density at radius 1 is 1.24 bits per heavy atom. The van der Waals surface area contributed by atoms with E-state index in [0.29, 0.717) is 6.61 Å². The van der Waals surface area contributed by atoms with Crippen molar-refractivity contribution in [3.8, 4) is 11.5 Å². The zero-order chi connectivity index (χ0) is 14.5. The summed E-state index contributed by atoms with van der Waals surface area (Å²) in [6, 6.07) is 7.94. The monoisotopic (exact) mass is 290 g/mol. The molecule has 0 radical (unpaired) electrons. The van der Waals surface area contributed by atoms with Crippen molar-refractivity contribution in [1.29, 1.82) is 0 Å². The van der Waals surface area contributed by atoms with Crippen LogP contribution in [0.1, 0.15) is 19.8 Å². The second-order valence-corrected chi connectivity index (χ2v) is 6.06. The molecule has 2 heterocycles. The average molecular weight is 290 g/mol. The molecule has 0 aromatic heterocycles. The Balaban J connectivity index is 1.52. The van der Waals surface area contributed by atoms with E-state index < -0.39 is 0 Å². The van der Waals surface area contributed by atoms with E-state index in [1.165, 1.54) is 19.4 Å². The summed E-state index contributed by atoms with van der Waals surface area (Å²) in [5, 5.41) is 3.50. The number of hydrogen-bond acceptors (Lipinski definition) is 4. The summed E-state index contributed by atoms with van der Waals surface area (Å²) in [6.45, 7) is 8.38. The lowest BCUT2D eigenvalue weighted by atomic mass is 9.99. The Hall–Kier alpha value is -1.26. The van der Waals surface area contributed by atoms with Crippen molar-refractivity contribution >= 4 is 0 Å². The van der Waals surface area contributed by atoms with Gasteiger partial charge >= 0.3 is 0 Å². The predicted octanol–water partition coefficient (Wildman–Crippen LogP) is 2.15. The molecule has 2 aliphatic heterocycles. The summed E-state index contributed by atoms with van der Waals surface area (Å²) < 4.78 is 11.9. The van der Waals surface area contributed by atoms with Gasteiger partial charge in [0.2, 0.25) is 0 Å². The third-order valence-electron chi connectivity index (χ3n) is 4.39. The number of likely N-dealkylation sites (N-methyl/N-ethyl adjacent to an activating group) is 1. The fraction of sp³-hybridized carbons (Fsp3) is 0.647. The summed E-state index contributed by atoms with van der Waals surface area (Å²) >= 11 is 0. The molecule has 3 rings (SSSR count). The van der Waals surface area contributed by atoms with Crippen LogP contribution in [-0.2, 0) is 0 Å². The number of nitrogens with one attached hydrogen (secondary N) is 1. The summed E-state index contributed by atoms with van der Waals surface area (Å²) in [6.07, 6.45) is 2.78. The molecule has 4 nitrogen and oxygen atoms in total. The van der Waals surface area contributed by atoms with Crippen LogP contribution in [0.25, 0.3) is 0 Å². The van der Waals surface area contributed by atoms with E-state index in [4.69, 9.17) is 9.47 Å². The predicted molar refractivity (Wildman–Crippen MR) is 84.1 cm³/mol. The van der Waals surface area contributed by atoms with Crippen molar-refractivity contribution in [2.45, 2.75) is 25.9 Å². The lowest BCUT2D eigenvalue weighted by Crippen LogP contribution is -2.44. The quantitative estimate of drug-likeness (QED) is 0.901. The van der Waals surface area contributed by atoms with Gasteiger partial charge in [-0.25, -0.2) is 0 Å². The van der Waals surface area contributed by atoms with Gasteiger partial charge in [0.15, 0.2) is 11.5 Å². The van der Waals surface area contributed by atoms with E-state index >= 15 is 0 Å². The Morgan fingerprint density at radius 2 is 2.10 bits per heavy atom. The van der Waals surface area contributed by atoms with Crippen LogP contribution in [0.2, 0.25) is 0 Å². The first-order valence-corrected chi connectivity index (χ1v) is 8.16. The third kappa shape index (κ3) is 3.89. The van der Waals surface area contributed by atoms with Gasteiger partial charge in [0.25, 0.3) is 0 Å². The zero-order valence-corrected chi connectivity index (χ0v) is 12.9. The van der Waals surface area contributed by atoms with Crippen LogP contribution in [-0.4, -0.2) is 50.3 Å². The normalized spacial score (nSPS) is 25.0. The first kappa shape index (κ1) is 14.7. The minimum Gasteiger partial charge on any atom is -0.486 e. The maximum atomic E-state index is 6.07. The van der Waals surface area contributed by atoms with Crippen LogP contribution in [0.3, 0.4) is 0 Å². The molecule has 116 valence electrons. The van der Waals surface area contributed by atoms with E-state index in [9.17, 15) is 0 Å². The van der Waals surface area contributed by atoms with E-state index in [1.54, 1.807) is 0 Å². The number of nitrogens with zero attached hydrogens (tertiary/aromatic N) is 1. The number of benzene rings is 1.